The van der Waals surface area contributed by atoms with E-state index in [1.165, 1.54) is 32.1 Å². The summed E-state index contributed by atoms with van der Waals surface area (Å²) in [6.45, 7) is 0. The fourth-order valence-corrected chi connectivity index (χ4v) is 1.46. The average molecular weight is 165 g/mol. The highest BCUT2D eigenvalue weighted by Gasteiger charge is 2.03. The molecule has 1 aliphatic rings. The lowest BCUT2D eigenvalue weighted by Crippen LogP contribution is -2.06. The monoisotopic (exact) mass is 165 g/mol. The maximum Gasteiger partial charge on any atom is 0.118 e. The molecule has 1 radical (unpaired) electrons. The van der Waals surface area contributed by atoms with Crippen LogP contribution in [0.15, 0.2) is 0 Å². The molecule has 0 aromatic carbocycles. The van der Waals surface area contributed by atoms with Crippen LogP contribution in [-0.2, 0) is 4.74 Å². The molecule has 1 nitrogen and oxygen atoms in total. The van der Waals surface area contributed by atoms with Gasteiger partial charge in [0.15, 0.2) is 0 Å². The van der Waals surface area contributed by atoms with E-state index in [9.17, 15) is 0 Å². The van der Waals surface area contributed by atoms with Gasteiger partial charge in [-0.3, -0.25) is 0 Å². The molecule has 0 bridgehead atoms. The van der Waals surface area contributed by atoms with E-state index in [1.807, 2.05) is 0 Å². The van der Waals surface area contributed by atoms with Crippen molar-refractivity contribution in [3.63, 3.8) is 0 Å². The lowest BCUT2D eigenvalue weighted by molar-refractivity contribution is 0.175. The van der Waals surface area contributed by atoms with Crippen molar-refractivity contribution >= 4 is 0 Å². The smallest absolute Gasteiger partial charge is 0.118 e. The fraction of sp³-hybridized carbons (Fsp3) is 0.727. The summed E-state index contributed by atoms with van der Waals surface area (Å²) in [4.78, 5) is 0. The Hall–Kier alpha value is -0.480. The van der Waals surface area contributed by atoms with Crippen LogP contribution in [0.2, 0.25) is 0 Å². The molecule has 1 unspecified atom stereocenters. The molecule has 67 valence electrons. The Balaban J connectivity index is 2.36. The van der Waals surface area contributed by atoms with Crippen molar-refractivity contribution in [2.45, 2.75) is 51.0 Å². The summed E-state index contributed by atoms with van der Waals surface area (Å²) in [5, 5.41) is 0. The van der Waals surface area contributed by atoms with E-state index in [1.54, 1.807) is 0 Å². The highest BCUT2D eigenvalue weighted by molar-refractivity contribution is 5.05. The van der Waals surface area contributed by atoms with E-state index < -0.39 is 0 Å². The third-order valence-corrected chi connectivity index (χ3v) is 2.23. The molecule has 0 heterocycles. The van der Waals surface area contributed by atoms with Crippen molar-refractivity contribution < 1.29 is 4.74 Å². The van der Waals surface area contributed by atoms with Gasteiger partial charge in [0.2, 0.25) is 0 Å². The van der Waals surface area contributed by atoms with Gasteiger partial charge in [-0.25, -0.2) is 0 Å². The molecule has 0 fully saturated rings. The molecule has 0 aliphatic heterocycles. The molecule has 1 heteroatoms. The van der Waals surface area contributed by atoms with Crippen LogP contribution in [0.4, 0.5) is 0 Å². The van der Waals surface area contributed by atoms with Gasteiger partial charge in [0, 0.05) is 6.42 Å². The maximum atomic E-state index is 5.00. The van der Waals surface area contributed by atoms with Gasteiger partial charge in [0.25, 0.3) is 0 Å². The molecule has 0 amide bonds. The lowest BCUT2D eigenvalue weighted by atomic mass is 10.0. The molecule has 1 atom stereocenters. The van der Waals surface area contributed by atoms with E-state index in [0.29, 0.717) is 0 Å². The summed E-state index contributed by atoms with van der Waals surface area (Å²) in [5.41, 5.74) is 0. The molecular weight excluding hydrogens is 148 g/mol. The van der Waals surface area contributed by atoms with Crippen LogP contribution in [0.1, 0.15) is 44.9 Å². The third kappa shape index (κ3) is 3.78. The fourth-order valence-electron chi connectivity index (χ4n) is 1.46. The van der Waals surface area contributed by atoms with Crippen molar-refractivity contribution in [3.8, 4) is 11.8 Å². The number of hydrogen-bond acceptors (Lipinski definition) is 1. The molecular formula is C11H17O. The van der Waals surface area contributed by atoms with Crippen molar-refractivity contribution in [1.29, 1.82) is 0 Å². The first-order valence-corrected chi connectivity index (χ1v) is 4.82. The zero-order valence-electron chi connectivity index (χ0n) is 7.64. The second-order valence-electron chi connectivity index (χ2n) is 3.28. The van der Waals surface area contributed by atoms with Crippen LogP contribution < -0.4 is 0 Å². The number of ether oxygens (including phenoxy) is 1. The Morgan fingerprint density at radius 3 is 2.67 bits per heavy atom. The van der Waals surface area contributed by atoms with Crippen molar-refractivity contribution in [2.24, 2.45) is 0 Å². The molecule has 0 aromatic rings. The second-order valence-corrected chi connectivity index (χ2v) is 3.28. The van der Waals surface area contributed by atoms with Crippen LogP contribution >= 0.6 is 0 Å². The molecule has 1 rings (SSSR count). The van der Waals surface area contributed by atoms with Gasteiger partial charge in [-0.15, -0.1) is 5.92 Å². The van der Waals surface area contributed by atoms with Gasteiger partial charge in [0.1, 0.15) is 6.10 Å². The molecule has 0 spiro atoms. The van der Waals surface area contributed by atoms with Crippen LogP contribution in [0.5, 0.6) is 0 Å². The van der Waals surface area contributed by atoms with Crippen molar-refractivity contribution in [2.75, 3.05) is 0 Å². The Morgan fingerprint density at radius 2 is 1.83 bits per heavy atom. The average Bonchev–Trinajstić information content (AvgIpc) is 2.14. The summed E-state index contributed by atoms with van der Waals surface area (Å²) in [5.74, 6) is 6.25. The molecule has 0 saturated carbocycles. The highest BCUT2D eigenvalue weighted by Crippen LogP contribution is 2.11. The van der Waals surface area contributed by atoms with Crippen LogP contribution in [-0.4, -0.2) is 6.10 Å². The van der Waals surface area contributed by atoms with Gasteiger partial charge < -0.3 is 4.74 Å². The summed E-state index contributed by atoms with van der Waals surface area (Å²) >= 11 is 0. The SMILES string of the molecule is [CH2]OC1C#CCCCCCCC1. The summed E-state index contributed by atoms with van der Waals surface area (Å²) in [7, 11) is 3.43. The molecule has 12 heavy (non-hydrogen) atoms. The van der Waals surface area contributed by atoms with Gasteiger partial charge in [-0.2, -0.15) is 0 Å². The molecule has 0 aromatic heterocycles. The largest absolute Gasteiger partial charge is 0.363 e. The van der Waals surface area contributed by atoms with E-state index in [-0.39, 0.29) is 6.10 Å². The zero-order valence-corrected chi connectivity index (χ0v) is 7.64. The van der Waals surface area contributed by atoms with Crippen molar-refractivity contribution in [3.05, 3.63) is 7.11 Å². The topological polar surface area (TPSA) is 9.23 Å². The Morgan fingerprint density at radius 1 is 1.08 bits per heavy atom. The van der Waals surface area contributed by atoms with E-state index >= 15 is 0 Å². The first kappa shape index (κ1) is 9.61. The Labute approximate surface area is 75.5 Å². The lowest BCUT2D eigenvalue weighted by Gasteiger charge is -2.09. The summed E-state index contributed by atoms with van der Waals surface area (Å²) in [6.07, 6.45) is 8.66. The minimum atomic E-state index is 0.0862. The minimum absolute atomic E-state index is 0.0862. The predicted octanol–water partition coefficient (Wildman–Crippen LogP) is 2.91. The number of hydrogen-bond donors (Lipinski definition) is 0. The first-order chi connectivity index (χ1) is 5.93. The molecule has 1 aliphatic carbocycles. The zero-order chi connectivity index (χ0) is 8.65. The maximum absolute atomic E-state index is 5.00. The standard InChI is InChI=1S/C11H17O/c1-12-11-9-7-5-3-2-4-6-8-10-11/h11H,1-7,9H2. The minimum Gasteiger partial charge on any atom is -0.363 e. The quantitative estimate of drug-likeness (QED) is 0.543. The normalized spacial score (nSPS) is 25.6. The second kappa shape index (κ2) is 6.08. The van der Waals surface area contributed by atoms with Gasteiger partial charge in [-0.1, -0.05) is 25.2 Å². The molecule has 0 N–H and O–H groups in total. The van der Waals surface area contributed by atoms with E-state index in [0.717, 1.165) is 12.8 Å². The van der Waals surface area contributed by atoms with E-state index in [2.05, 4.69) is 19.0 Å². The van der Waals surface area contributed by atoms with E-state index in [4.69, 9.17) is 4.74 Å². The Bertz CT molecular complexity index is 164. The van der Waals surface area contributed by atoms with Crippen LogP contribution in [0.25, 0.3) is 0 Å². The highest BCUT2D eigenvalue weighted by atomic mass is 16.5. The Kier molecular flexibility index (Phi) is 4.87. The summed E-state index contributed by atoms with van der Waals surface area (Å²) in [6, 6.07) is 0. The van der Waals surface area contributed by atoms with Crippen molar-refractivity contribution in [1.82, 2.24) is 0 Å². The first-order valence-electron chi connectivity index (χ1n) is 4.82. The predicted molar refractivity (Wildman–Crippen MR) is 50.3 cm³/mol. The summed E-state index contributed by atoms with van der Waals surface area (Å²) < 4.78 is 5.00. The van der Waals surface area contributed by atoms with Gasteiger partial charge >= 0.3 is 0 Å². The van der Waals surface area contributed by atoms with Gasteiger partial charge in [-0.05, 0) is 19.3 Å². The van der Waals surface area contributed by atoms with Crippen LogP contribution in [0.3, 0.4) is 0 Å². The van der Waals surface area contributed by atoms with Crippen LogP contribution in [0, 0.1) is 19.0 Å². The van der Waals surface area contributed by atoms with Gasteiger partial charge in [0.05, 0.1) is 7.11 Å². The number of rotatable bonds is 1. The molecule has 0 saturated heterocycles. The third-order valence-electron chi connectivity index (χ3n) is 2.23.